The summed E-state index contributed by atoms with van der Waals surface area (Å²) >= 11 is 5.83. The zero-order valence-corrected chi connectivity index (χ0v) is 11.6. The maximum atomic E-state index is 11.7. The van der Waals surface area contributed by atoms with Crippen molar-refractivity contribution in [2.24, 2.45) is 5.92 Å². The van der Waals surface area contributed by atoms with E-state index >= 15 is 0 Å². The number of nitrogens with one attached hydrogen (secondary N) is 1. The number of methoxy groups -OCH3 is 1. The molecule has 0 aromatic carbocycles. The van der Waals surface area contributed by atoms with Crippen LogP contribution in [0, 0.1) is 5.92 Å². The lowest BCUT2D eigenvalue weighted by Gasteiger charge is -2.31. The van der Waals surface area contributed by atoms with E-state index in [9.17, 15) is 4.79 Å². The maximum absolute atomic E-state index is 11.7. The third kappa shape index (κ3) is 3.23. The number of aromatic nitrogens is 3. The molecule has 1 aromatic heterocycles. The summed E-state index contributed by atoms with van der Waals surface area (Å²) in [4.78, 5) is 25.7. The molecule has 2 heterocycles. The molecule has 1 aromatic rings. The predicted octanol–water partition coefficient (Wildman–Crippen LogP) is 0.496. The number of rotatable bonds is 3. The summed E-state index contributed by atoms with van der Waals surface area (Å²) in [5, 5.41) is 2.76. The molecule has 0 saturated carbocycles. The summed E-state index contributed by atoms with van der Waals surface area (Å²) < 4.78 is 4.97. The Morgan fingerprint density at radius 2 is 2.26 bits per heavy atom. The van der Waals surface area contributed by atoms with Crippen molar-refractivity contribution >= 4 is 23.5 Å². The molecule has 1 aliphatic heterocycles. The fraction of sp³-hybridized carbons (Fsp3) is 0.636. The van der Waals surface area contributed by atoms with Gasteiger partial charge < -0.3 is 15.0 Å². The summed E-state index contributed by atoms with van der Waals surface area (Å²) in [6.45, 7) is 1.36. The van der Waals surface area contributed by atoms with E-state index in [4.69, 9.17) is 16.3 Å². The van der Waals surface area contributed by atoms with Crippen LogP contribution >= 0.6 is 11.6 Å². The number of halogens is 1. The first-order valence-electron chi connectivity index (χ1n) is 6.06. The third-order valence-corrected chi connectivity index (χ3v) is 3.25. The SMILES string of the molecule is CNC(=O)C1CCCN(c2nc(Cl)nc(OC)n2)C1. The molecule has 1 saturated heterocycles. The second-order valence-electron chi connectivity index (χ2n) is 4.29. The van der Waals surface area contributed by atoms with Crippen LogP contribution in [-0.2, 0) is 4.79 Å². The van der Waals surface area contributed by atoms with Crippen molar-refractivity contribution < 1.29 is 9.53 Å². The maximum Gasteiger partial charge on any atom is 0.322 e. The molecule has 1 aliphatic rings. The van der Waals surface area contributed by atoms with Gasteiger partial charge in [0.15, 0.2) is 0 Å². The van der Waals surface area contributed by atoms with Crippen LogP contribution in [0.5, 0.6) is 6.01 Å². The Morgan fingerprint density at radius 3 is 2.95 bits per heavy atom. The van der Waals surface area contributed by atoms with Gasteiger partial charge in [-0.15, -0.1) is 0 Å². The molecule has 8 heteroatoms. The van der Waals surface area contributed by atoms with Crippen molar-refractivity contribution in [2.75, 3.05) is 32.1 Å². The highest BCUT2D eigenvalue weighted by Crippen LogP contribution is 2.22. The Labute approximate surface area is 116 Å². The molecular weight excluding hydrogens is 270 g/mol. The van der Waals surface area contributed by atoms with Gasteiger partial charge in [-0.1, -0.05) is 0 Å². The molecule has 2 rings (SSSR count). The van der Waals surface area contributed by atoms with Crippen LogP contribution < -0.4 is 15.0 Å². The Balaban J connectivity index is 2.17. The lowest BCUT2D eigenvalue weighted by Crippen LogP contribution is -2.42. The van der Waals surface area contributed by atoms with E-state index in [0.29, 0.717) is 12.5 Å². The van der Waals surface area contributed by atoms with Gasteiger partial charge in [0.2, 0.25) is 17.1 Å². The average molecular weight is 286 g/mol. The zero-order chi connectivity index (χ0) is 13.8. The van der Waals surface area contributed by atoms with E-state index < -0.39 is 0 Å². The van der Waals surface area contributed by atoms with Gasteiger partial charge in [0, 0.05) is 20.1 Å². The molecule has 1 N–H and O–H groups in total. The number of piperidine rings is 1. The minimum absolute atomic E-state index is 0.0387. The molecule has 19 heavy (non-hydrogen) atoms. The van der Waals surface area contributed by atoms with E-state index in [0.717, 1.165) is 19.4 Å². The highest BCUT2D eigenvalue weighted by molar-refractivity contribution is 6.28. The molecule has 0 spiro atoms. The van der Waals surface area contributed by atoms with Gasteiger partial charge in [-0.05, 0) is 24.4 Å². The molecule has 0 radical (unpaired) electrons. The van der Waals surface area contributed by atoms with Crippen LogP contribution in [-0.4, -0.2) is 48.1 Å². The predicted molar refractivity (Wildman–Crippen MR) is 70.4 cm³/mol. The molecule has 1 fully saturated rings. The number of carbonyl (C=O) groups is 1. The van der Waals surface area contributed by atoms with Gasteiger partial charge in [-0.25, -0.2) is 0 Å². The minimum Gasteiger partial charge on any atom is -0.467 e. The Kier molecular flexibility index (Phi) is 4.36. The third-order valence-electron chi connectivity index (χ3n) is 3.08. The zero-order valence-electron chi connectivity index (χ0n) is 10.9. The minimum atomic E-state index is -0.0553. The number of nitrogens with zero attached hydrogens (tertiary/aromatic N) is 4. The van der Waals surface area contributed by atoms with Crippen LogP contribution in [0.4, 0.5) is 5.95 Å². The number of carbonyl (C=O) groups excluding carboxylic acids is 1. The second-order valence-corrected chi connectivity index (χ2v) is 4.63. The van der Waals surface area contributed by atoms with Crippen LogP contribution in [0.25, 0.3) is 0 Å². The quantitative estimate of drug-likeness (QED) is 0.871. The summed E-state index contributed by atoms with van der Waals surface area (Å²) in [5.74, 6) is 0.433. The van der Waals surface area contributed by atoms with E-state index in [1.807, 2.05) is 4.90 Å². The van der Waals surface area contributed by atoms with Gasteiger partial charge in [0.1, 0.15) is 0 Å². The smallest absolute Gasteiger partial charge is 0.322 e. The van der Waals surface area contributed by atoms with Gasteiger partial charge in [0.25, 0.3) is 0 Å². The second kappa shape index (κ2) is 6.01. The van der Waals surface area contributed by atoms with Crippen LogP contribution in [0.2, 0.25) is 5.28 Å². The number of amides is 1. The van der Waals surface area contributed by atoms with Crippen molar-refractivity contribution in [2.45, 2.75) is 12.8 Å². The lowest BCUT2D eigenvalue weighted by molar-refractivity contribution is -0.124. The Hall–Kier alpha value is -1.63. The number of hydrogen-bond acceptors (Lipinski definition) is 6. The van der Waals surface area contributed by atoms with Crippen LogP contribution in [0.15, 0.2) is 0 Å². The summed E-state index contributed by atoms with van der Waals surface area (Å²) in [6.07, 6.45) is 1.77. The Bertz CT molecular complexity index is 470. The first-order chi connectivity index (χ1) is 9.13. The fourth-order valence-corrected chi connectivity index (χ4v) is 2.28. The number of anilines is 1. The lowest BCUT2D eigenvalue weighted by atomic mass is 9.97. The Morgan fingerprint density at radius 1 is 1.47 bits per heavy atom. The van der Waals surface area contributed by atoms with Crippen molar-refractivity contribution in [3.63, 3.8) is 0 Å². The highest BCUT2D eigenvalue weighted by Gasteiger charge is 2.27. The highest BCUT2D eigenvalue weighted by atomic mass is 35.5. The van der Waals surface area contributed by atoms with Crippen molar-refractivity contribution in [3.8, 4) is 6.01 Å². The van der Waals surface area contributed by atoms with Gasteiger partial charge in [-0.2, -0.15) is 15.0 Å². The van der Waals surface area contributed by atoms with Crippen LogP contribution in [0.1, 0.15) is 12.8 Å². The topological polar surface area (TPSA) is 80.2 Å². The molecule has 7 nitrogen and oxygen atoms in total. The van der Waals surface area contributed by atoms with Crippen molar-refractivity contribution in [1.82, 2.24) is 20.3 Å². The number of ether oxygens (including phenoxy) is 1. The van der Waals surface area contributed by atoms with E-state index in [-0.39, 0.29) is 23.1 Å². The standard InChI is InChI=1S/C11H16ClN5O2/c1-13-8(18)7-4-3-5-17(6-7)10-14-9(12)15-11(16-10)19-2/h7H,3-6H2,1-2H3,(H,13,18). The summed E-state index contributed by atoms with van der Waals surface area (Å²) in [6, 6.07) is 0.178. The normalized spacial score (nSPS) is 19.1. The van der Waals surface area contributed by atoms with Crippen molar-refractivity contribution in [3.05, 3.63) is 5.28 Å². The van der Waals surface area contributed by atoms with E-state index in [2.05, 4.69) is 20.3 Å². The number of hydrogen-bond donors (Lipinski definition) is 1. The average Bonchev–Trinajstić information content (AvgIpc) is 2.45. The fourth-order valence-electron chi connectivity index (χ4n) is 2.13. The molecule has 0 bridgehead atoms. The van der Waals surface area contributed by atoms with Gasteiger partial charge in [-0.3, -0.25) is 4.79 Å². The molecule has 1 amide bonds. The van der Waals surface area contributed by atoms with Crippen LogP contribution in [0.3, 0.4) is 0 Å². The van der Waals surface area contributed by atoms with Gasteiger partial charge >= 0.3 is 6.01 Å². The molecular formula is C11H16ClN5O2. The van der Waals surface area contributed by atoms with Crippen molar-refractivity contribution in [1.29, 1.82) is 0 Å². The molecule has 1 atom stereocenters. The van der Waals surface area contributed by atoms with E-state index in [1.165, 1.54) is 7.11 Å². The monoisotopic (exact) mass is 285 g/mol. The van der Waals surface area contributed by atoms with Gasteiger partial charge in [0.05, 0.1) is 13.0 Å². The first kappa shape index (κ1) is 13.8. The van der Waals surface area contributed by atoms with E-state index in [1.54, 1.807) is 7.05 Å². The molecule has 0 aliphatic carbocycles. The molecule has 104 valence electrons. The summed E-state index contributed by atoms with van der Waals surface area (Å²) in [5.41, 5.74) is 0. The largest absolute Gasteiger partial charge is 0.467 e. The first-order valence-corrected chi connectivity index (χ1v) is 6.44. The summed E-state index contributed by atoms with van der Waals surface area (Å²) in [7, 11) is 3.11. The molecule has 1 unspecified atom stereocenters.